The van der Waals surface area contributed by atoms with E-state index in [0.29, 0.717) is 62.9 Å². The van der Waals surface area contributed by atoms with Gasteiger partial charge in [0.25, 0.3) is 21.6 Å². The smallest absolute Gasteiger partial charge is 0.297 e. The Bertz CT molecular complexity index is 3050. The lowest BCUT2D eigenvalue weighted by Crippen LogP contribution is -2.65. The van der Waals surface area contributed by atoms with E-state index in [0.717, 1.165) is 56.7 Å². The minimum Gasteiger partial charge on any atom is -0.489 e. The molecule has 2 amide bonds. The number of hydrogen-bond acceptors (Lipinski definition) is 13. The van der Waals surface area contributed by atoms with Crippen molar-refractivity contribution in [2.45, 2.75) is 114 Å². The molecule has 1 spiro atoms. The van der Waals surface area contributed by atoms with Crippen LogP contribution >= 0.6 is 0 Å². The number of amides is 2. The summed E-state index contributed by atoms with van der Waals surface area (Å²) < 4.78 is 57.1. The van der Waals surface area contributed by atoms with Gasteiger partial charge >= 0.3 is 0 Å². The van der Waals surface area contributed by atoms with E-state index in [1.807, 2.05) is 13.8 Å². The van der Waals surface area contributed by atoms with Crippen LogP contribution in [0.3, 0.4) is 0 Å². The zero-order valence-corrected chi connectivity index (χ0v) is 42.8. The molecule has 1 saturated carbocycles. The number of carbonyl (C=O) groups is 2. The fraction of sp³-hybridized carbons (Fsp3) is 0.500. The second kappa shape index (κ2) is 19.5. The molecule has 10 rings (SSSR count). The Hall–Kier alpha value is -6.31. The number of likely N-dealkylation sites (tertiary alicyclic amines) is 2. The van der Waals surface area contributed by atoms with Gasteiger partial charge in [-0.2, -0.15) is 0 Å². The first-order chi connectivity index (χ1) is 34.8. The third-order valence-electron chi connectivity index (χ3n) is 16.2. The number of nitrogens with zero attached hydrogens (tertiary/aromatic N) is 5. The van der Waals surface area contributed by atoms with Crippen molar-refractivity contribution in [2.24, 2.45) is 17.3 Å². The van der Waals surface area contributed by atoms with Crippen LogP contribution in [-0.4, -0.2) is 114 Å². The summed E-state index contributed by atoms with van der Waals surface area (Å²) >= 11 is 0. The van der Waals surface area contributed by atoms with Gasteiger partial charge in [-0.1, -0.05) is 52.0 Å². The number of halogens is 1. The van der Waals surface area contributed by atoms with E-state index in [1.165, 1.54) is 35.7 Å². The van der Waals surface area contributed by atoms with Crippen LogP contribution in [0.5, 0.6) is 17.2 Å². The predicted octanol–water partition coefficient (Wildman–Crippen LogP) is 8.70. The molecule has 3 atom stereocenters. The number of piperidine rings is 2. The maximum absolute atomic E-state index is 14.7. The molecule has 5 aliphatic rings. The molecule has 5 aromatic rings. The summed E-state index contributed by atoms with van der Waals surface area (Å²) in [5.74, 6) is -0.785. The zero-order chi connectivity index (χ0) is 51.6. The van der Waals surface area contributed by atoms with E-state index in [1.54, 1.807) is 19.1 Å². The van der Waals surface area contributed by atoms with Gasteiger partial charge in [0.15, 0.2) is 11.4 Å². The third kappa shape index (κ3) is 10.1. The number of carbonyl (C=O) groups excluding carboxylic acids is 2. The van der Waals surface area contributed by atoms with Crippen LogP contribution in [-0.2, 0) is 14.8 Å². The van der Waals surface area contributed by atoms with Crippen molar-refractivity contribution in [1.82, 2.24) is 24.5 Å². The maximum atomic E-state index is 14.7. The van der Waals surface area contributed by atoms with Gasteiger partial charge in [0.1, 0.15) is 29.6 Å². The Balaban J connectivity index is 0.863. The summed E-state index contributed by atoms with van der Waals surface area (Å²) in [6.45, 7) is 15.1. The lowest BCUT2D eigenvalue weighted by Gasteiger charge is -2.59. The molecule has 2 aromatic heterocycles. The first-order valence-corrected chi connectivity index (χ1v) is 27.1. The number of ether oxygens (including phenoxy) is 2. The van der Waals surface area contributed by atoms with Gasteiger partial charge in [0, 0.05) is 87.2 Å². The number of rotatable bonds is 12. The van der Waals surface area contributed by atoms with Crippen LogP contribution in [0.15, 0.2) is 78.0 Å². The number of pyridine rings is 1. The van der Waals surface area contributed by atoms with Crippen molar-refractivity contribution in [2.75, 3.05) is 56.1 Å². The van der Waals surface area contributed by atoms with Crippen molar-refractivity contribution in [1.29, 1.82) is 0 Å². The standard InChI is InChI=1S/C54H65FN8O9S/c1-32(2)38-8-6-7-9-39(38)42-28-61(52(65)33(3)4)19-14-45(42)62-30-54(31-62)17-20-60(21-18-54)35-10-11-40(47(22-35)72-36-23-41-43(55)27-57-50(41)56-26-36)51(64)59-73(69,70)37-24-46(63(67)68)49-48(25-37)71-29-44(58-49)34-12-15-53(5,66)16-13-34/h6-11,22-27,32-34,42,44-45,58,66H,12-21,28-31H2,1-5H3,(H,56,57)(H,59,64)/t34?,42-,44+,45-,53?/m0/s1. The van der Waals surface area contributed by atoms with E-state index in [9.17, 15) is 37.6 Å². The molecule has 4 fully saturated rings. The highest BCUT2D eigenvalue weighted by Gasteiger charge is 2.50. The molecule has 73 heavy (non-hydrogen) atoms. The number of hydrogen-bond donors (Lipinski definition) is 4. The molecule has 0 radical (unpaired) electrons. The fourth-order valence-corrected chi connectivity index (χ4v) is 13.0. The van der Waals surface area contributed by atoms with Gasteiger partial charge in [-0.3, -0.25) is 24.6 Å². The molecule has 4 N–H and O–H groups in total. The quantitative estimate of drug-likeness (QED) is 0.0681. The van der Waals surface area contributed by atoms with Crippen molar-refractivity contribution in [3.63, 3.8) is 0 Å². The monoisotopic (exact) mass is 1020 g/mol. The van der Waals surface area contributed by atoms with Gasteiger partial charge in [0.2, 0.25) is 5.91 Å². The van der Waals surface area contributed by atoms with Crippen molar-refractivity contribution in [3.05, 3.63) is 106 Å². The lowest BCUT2D eigenvalue weighted by atomic mass is 9.69. The molecule has 19 heteroatoms. The molecule has 6 heterocycles. The Morgan fingerprint density at radius 2 is 1.74 bits per heavy atom. The summed E-state index contributed by atoms with van der Waals surface area (Å²) in [7, 11) is -4.74. The Kier molecular flexibility index (Phi) is 13.4. The average Bonchev–Trinajstić information content (AvgIpc) is 3.73. The molecule has 388 valence electrons. The highest BCUT2D eigenvalue weighted by Crippen LogP contribution is 2.48. The highest BCUT2D eigenvalue weighted by molar-refractivity contribution is 7.90. The van der Waals surface area contributed by atoms with E-state index >= 15 is 0 Å². The molecular weight excluding hydrogens is 956 g/mol. The van der Waals surface area contributed by atoms with Crippen LogP contribution in [0.4, 0.5) is 21.5 Å². The Morgan fingerprint density at radius 3 is 2.45 bits per heavy atom. The zero-order valence-electron chi connectivity index (χ0n) is 42.0. The van der Waals surface area contributed by atoms with E-state index in [4.69, 9.17) is 9.47 Å². The molecule has 3 saturated heterocycles. The van der Waals surface area contributed by atoms with Crippen LogP contribution in [0, 0.1) is 33.2 Å². The number of anilines is 2. The van der Waals surface area contributed by atoms with Gasteiger partial charge in [-0.15, -0.1) is 0 Å². The summed E-state index contributed by atoms with van der Waals surface area (Å²) in [4.78, 5) is 52.6. The van der Waals surface area contributed by atoms with Crippen molar-refractivity contribution < 1.29 is 41.9 Å². The number of H-pyrrole nitrogens is 1. The van der Waals surface area contributed by atoms with Gasteiger partial charge < -0.3 is 34.7 Å². The molecule has 0 bridgehead atoms. The van der Waals surface area contributed by atoms with Crippen LogP contribution < -0.4 is 24.4 Å². The SMILES string of the molecule is CC(C)C(=O)N1CC[C@H](N2CC3(CCN(c4ccc(C(=O)NS(=O)(=O)c5cc6c(c([N+](=O)[O-])c5)N[C@@H](C5CCC(C)(O)CC5)CO6)c(Oc5cnc6[nH]cc(F)c6c5)c4)CC3)C2)[C@H](c2ccccc2C(C)C)C1. The summed E-state index contributed by atoms with van der Waals surface area (Å²) in [6.07, 6.45) is 7.83. The second-order valence-electron chi connectivity index (χ2n) is 22.0. The van der Waals surface area contributed by atoms with Gasteiger partial charge in [0.05, 0.1) is 38.6 Å². The summed E-state index contributed by atoms with van der Waals surface area (Å²) in [5, 5.41) is 26.3. The number of fused-ring (bicyclic) bond motifs is 2. The van der Waals surface area contributed by atoms with Gasteiger partial charge in [-0.05, 0) is 98.4 Å². The molecule has 1 aliphatic carbocycles. The first-order valence-electron chi connectivity index (χ1n) is 25.6. The number of nitro benzene ring substituents is 1. The summed E-state index contributed by atoms with van der Waals surface area (Å²) in [6, 6.07) is 17.1. The molecule has 4 aliphatic heterocycles. The number of benzene rings is 3. The lowest BCUT2D eigenvalue weighted by molar-refractivity contribution is -0.384. The van der Waals surface area contributed by atoms with Crippen LogP contribution in [0.1, 0.15) is 113 Å². The Morgan fingerprint density at radius 1 is 1.00 bits per heavy atom. The van der Waals surface area contributed by atoms with Crippen molar-refractivity contribution >= 4 is 49.9 Å². The summed E-state index contributed by atoms with van der Waals surface area (Å²) in [5.41, 5.74) is 2.40. The topological polar surface area (TPSA) is 213 Å². The first kappa shape index (κ1) is 50.2. The van der Waals surface area contributed by atoms with Crippen LogP contribution in [0.25, 0.3) is 11.0 Å². The number of aromatic nitrogens is 2. The van der Waals surface area contributed by atoms with E-state index < -0.39 is 42.9 Å². The average molecular weight is 1020 g/mol. The molecular formula is C54H65FN8O9S. The molecule has 0 unspecified atom stereocenters. The van der Waals surface area contributed by atoms with Gasteiger partial charge in [-0.25, -0.2) is 22.5 Å². The molecule has 3 aromatic carbocycles. The fourth-order valence-electron chi connectivity index (χ4n) is 12.0. The number of nitrogens with one attached hydrogen (secondary N) is 3. The van der Waals surface area contributed by atoms with Crippen molar-refractivity contribution in [3.8, 4) is 17.2 Å². The predicted molar refractivity (Wildman–Crippen MR) is 274 cm³/mol. The normalized spacial score (nSPS) is 24.2. The number of aromatic amines is 1. The largest absolute Gasteiger partial charge is 0.489 e. The highest BCUT2D eigenvalue weighted by atomic mass is 32.2. The molecule has 17 nitrogen and oxygen atoms in total. The van der Waals surface area contributed by atoms with E-state index in [2.05, 4.69) is 72.8 Å². The van der Waals surface area contributed by atoms with E-state index in [-0.39, 0.29) is 75.6 Å². The minimum atomic E-state index is -4.74. The third-order valence-corrected chi connectivity index (χ3v) is 17.6. The minimum absolute atomic E-state index is 0.00775. The number of nitro groups is 1. The number of aliphatic hydroxyl groups is 1. The maximum Gasteiger partial charge on any atom is 0.297 e. The van der Waals surface area contributed by atoms with Crippen LogP contribution in [0.2, 0.25) is 0 Å². The number of sulfonamides is 1. The second-order valence-corrected chi connectivity index (χ2v) is 23.6. The Labute approximate surface area is 425 Å².